The molecule has 2 rings (SSSR count). The number of aromatic nitrogens is 1. The van der Waals surface area contributed by atoms with Crippen molar-refractivity contribution in [2.24, 2.45) is 5.92 Å². The standard InChI is InChI=1S/C14H13NO3/c1-9(14(17)18-2)13(16)12-11-6-4-3-5-10(11)7-8-15-12/h3-9H,1-2H3. The predicted octanol–water partition coefficient (Wildman–Crippen LogP) is 2.23. The molecule has 0 fully saturated rings. The van der Waals surface area contributed by atoms with Crippen LogP contribution in [0.1, 0.15) is 17.4 Å². The number of carbonyl (C=O) groups is 2. The number of ether oxygens (including phenoxy) is 1. The first-order chi connectivity index (χ1) is 8.65. The molecule has 92 valence electrons. The molecule has 1 aromatic heterocycles. The highest BCUT2D eigenvalue weighted by Gasteiger charge is 2.25. The number of methoxy groups -OCH3 is 1. The minimum atomic E-state index is -0.840. The lowest BCUT2D eigenvalue weighted by atomic mass is 9.99. The molecule has 0 aliphatic rings. The second-order valence-electron chi connectivity index (χ2n) is 3.99. The summed E-state index contributed by atoms with van der Waals surface area (Å²) in [6.45, 7) is 1.53. The van der Waals surface area contributed by atoms with Crippen molar-refractivity contribution in [2.45, 2.75) is 6.92 Å². The smallest absolute Gasteiger partial charge is 0.316 e. The largest absolute Gasteiger partial charge is 0.468 e. The average Bonchev–Trinajstić information content (AvgIpc) is 2.44. The molecule has 0 saturated carbocycles. The third kappa shape index (κ3) is 2.09. The van der Waals surface area contributed by atoms with Crippen molar-refractivity contribution in [3.8, 4) is 0 Å². The maximum Gasteiger partial charge on any atom is 0.316 e. The Morgan fingerprint density at radius 3 is 2.67 bits per heavy atom. The van der Waals surface area contributed by atoms with E-state index in [4.69, 9.17) is 0 Å². The third-order valence-electron chi connectivity index (χ3n) is 2.86. The topological polar surface area (TPSA) is 56.3 Å². The average molecular weight is 243 g/mol. The lowest BCUT2D eigenvalue weighted by Crippen LogP contribution is -2.23. The number of benzene rings is 1. The van der Waals surface area contributed by atoms with Crippen molar-refractivity contribution in [2.75, 3.05) is 7.11 Å². The Balaban J connectivity index is 2.48. The molecule has 0 aliphatic heterocycles. The number of carbonyl (C=O) groups excluding carboxylic acids is 2. The van der Waals surface area contributed by atoms with Crippen molar-refractivity contribution in [1.29, 1.82) is 0 Å². The van der Waals surface area contributed by atoms with Gasteiger partial charge in [-0.15, -0.1) is 0 Å². The van der Waals surface area contributed by atoms with E-state index in [-0.39, 0.29) is 5.78 Å². The SMILES string of the molecule is COC(=O)C(C)C(=O)c1nccc2ccccc12. The van der Waals surface area contributed by atoms with E-state index in [0.717, 1.165) is 10.8 Å². The number of pyridine rings is 1. The molecule has 1 heterocycles. The number of Topliss-reactive ketones (excluding diaryl/α,β-unsaturated/α-hetero) is 1. The van der Waals surface area contributed by atoms with Crippen LogP contribution in [0, 0.1) is 5.92 Å². The highest BCUT2D eigenvalue weighted by Crippen LogP contribution is 2.19. The maximum atomic E-state index is 12.2. The second kappa shape index (κ2) is 4.96. The fourth-order valence-electron chi connectivity index (χ4n) is 1.80. The first-order valence-corrected chi connectivity index (χ1v) is 5.61. The Labute approximate surface area is 105 Å². The lowest BCUT2D eigenvalue weighted by molar-refractivity contribution is -0.143. The minimum Gasteiger partial charge on any atom is -0.468 e. The Morgan fingerprint density at radius 2 is 1.94 bits per heavy atom. The van der Waals surface area contributed by atoms with Gasteiger partial charge in [-0.05, 0) is 18.4 Å². The molecule has 4 nitrogen and oxygen atoms in total. The van der Waals surface area contributed by atoms with Crippen molar-refractivity contribution < 1.29 is 14.3 Å². The van der Waals surface area contributed by atoms with Gasteiger partial charge in [-0.1, -0.05) is 24.3 Å². The second-order valence-corrected chi connectivity index (χ2v) is 3.99. The Hall–Kier alpha value is -2.23. The molecule has 1 atom stereocenters. The van der Waals surface area contributed by atoms with Gasteiger partial charge in [-0.25, -0.2) is 0 Å². The van der Waals surface area contributed by atoms with Gasteiger partial charge in [0.1, 0.15) is 11.6 Å². The number of esters is 1. The van der Waals surface area contributed by atoms with E-state index in [9.17, 15) is 9.59 Å². The van der Waals surface area contributed by atoms with Crippen molar-refractivity contribution in [3.63, 3.8) is 0 Å². The number of rotatable bonds is 3. The zero-order valence-corrected chi connectivity index (χ0v) is 10.2. The monoisotopic (exact) mass is 243 g/mol. The van der Waals surface area contributed by atoms with E-state index >= 15 is 0 Å². The van der Waals surface area contributed by atoms with Crippen LogP contribution in [0.15, 0.2) is 36.5 Å². The summed E-state index contributed by atoms with van der Waals surface area (Å²) in [5.41, 5.74) is 0.311. The number of fused-ring (bicyclic) bond motifs is 1. The van der Waals surface area contributed by atoms with E-state index in [0.29, 0.717) is 5.69 Å². The van der Waals surface area contributed by atoms with Crippen LogP contribution in [0.25, 0.3) is 10.8 Å². The van der Waals surface area contributed by atoms with Crippen molar-refractivity contribution in [1.82, 2.24) is 4.98 Å². The van der Waals surface area contributed by atoms with Crippen molar-refractivity contribution >= 4 is 22.5 Å². The van der Waals surface area contributed by atoms with Gasteiger partial charge < -0.3 is 4.74 Å². The van der Waals surface area contributed by atoms with Crippen LogP contribution in [-0.2, 0) is 9.53 Å². The fraction of sp³-hybridized carbons (Fsp3) is 0.214. The molecular formula is C14H13NO3. The molecule has 2 aromatic rings. The Morgan fingerprint density at radius 1 is 1.22 bits per heavy atom. The summed E-state index contributed by atoms with van der Waals surface area (Å²) in [6.07, 6.45) is 1.57. The first kappa shape index (κ1) is 12.2. The van der Waals surface area contributed by atoms with E-state index < -0.39 is 11.9 Å². The molecule has 1 aromatic carbocycles. The summed E-state index contributed by atoms with van der Waals surface area (Å²) in [5, 5.41) is 1.67. The van der Waals surface area contributed by atoms with Gasteiger partial charge in [0.2, 0.25) is 0 Å². The molecule has 0 amide bonds. The molecule has 4 heteroatoms. The van der Waals surface area contributed by atoms with E-state index in [2.05, 4.69) is 9.72 Å². The van der Waals surface area contributed by atoms with Gasteiger partial charge in [0.15, 0.2) is 5.78 Å². The quantitative estimate of drug-likeness (QED) is 0.471. The first-order valence-electron chi connectivity index (χ1n) is 5.61. The van der Waals surface area contributed by atoms with Crippen LogP contribution in [0.2, 0.25) is 0 Å². The zero-order chi connectivity index (χ0) is 13.1. The van der Waals surface area contributed by atoms with Gasteiger partial charge in [0.25, 0.3) is 0 Å². The maximum absolute atomic E-state index is 12.2. The van der Waals surface area contributed by atoms with Crippen LogP contribution >= 0.6 is 0 Å². The van der Waals surface area contributed by atoms with Gasteiger partial charge in [0, 0.05) is 11.6 Å². The molecule has 0 spiro atoms. The summed E-state index contributed by atoms with van der Waals surface area (Å²) in [6, 6.07) is 9.27. The summed E-state index contributed by atoms with van der Waals surface area (Å²) in [4.78, 5) is 27.7. The highest BCUT2D eigenvalue weighted by molar-refractivity contribution is 6.13. The van der Waals surface area contributed by atoms with Crippen LogP contribution in [0.5, 0.6) is 0 Å². The van der Waals surface area contributed by atoms with E-state index in [1.807, 2.05) is 30.3 Å². The Kier molecular flexibility index (Phi) is 3.37. The number of hydrogen-bond donors (Lipinski definition) is 0. The van der Waals surface area contributed by atoms with E-state index in [1.54, 1.807) is 6.20 Å². The molecule has 1 unspecified atom stereocenters. The normalized spacial score (nSPS) is 12.1. The molecule has 0 N–H and O–H groups in total. The zero-order valence-electron chi connectivity index (χ0n) is 10.2. The highest BCUT2D eigenvalue weighted by atomic mass is 16.5. The molecular weight excluding hydrogens is 230 g/mol. The predicted molar refractivity (Wildman–Crippen MR) is 67.3 cm³/mol. The number of hydrogen-bond acceptors (Lipinski definition) is 4. The summed E-state index contributed by atoms with van der Waals surface area (Å²) in [5.74, 6) is -1.71. The van der Waals surface area contributed by atoms with Crippen LogP contribution in [0.4, 0.5) is 0 Å². The molecule has 0 aliphatic carbocycles. The van der Waals surface area contributed by atoms with Crippen LogP contribution in [-0.4, -0.2) is 23.8 Å². The van der Waals surface area contributed by atoms with Crippen molar-refractivity contribution in [3.05, 3.63) is 42.2 Å². The van der Waals surface area contributed by atoms with Crippen LogP contribution in [0.3, 0.4) is 0 Å². The molecule has 0 radical (unpaired) electrons. The summed E-state index contributed by atoms with van der Waals surface area (Å²) >= 11 is 0. The van der Waals surface area contributed by atoms with Gasteiger partial charge in [-0.2, -0.15) is 0 Å². The minimum absolute atomic E-state index is 0.311. The molecule has 18 heavy (non-hydrogen) atoms. The lowest BCUT2D eigenvalue weighted by Gasteiger charge is -2.09. The van der Waals surface area contributed by atoms with E-state index in [1.165, 1.54) is 14.0 Å². The summed E-state index contributed by atoms with van der Waals surface area (Å²) in [7, 11) is 1.27. The van der Waals surface area contributed by atoms with Crippen LogP contribution < -0.4 is 0 Å². The van der Waals surface area contributed by atoms with Gasteiger partial charge in [-0.3, -0.25) is 14.6 Å². The number of nitrogens with zero attached hydrogens (tertiary/aromatic N) is 1. The van der Waals surface area contributed by atoms with Gasteiger partial charge >= 0.3 is 5.97 Å². The summed E-state index contributed by atoms with van der Waals surface area (Å²) < 4.78 is 4.58. The molecule has 0 bridgehead atoms. The third-order valence-corrected chi connectivity index (χ3v) is 2.86. The van der Waals surface area contributed by atoms with Gasteiger partial charge in [0.05, 0.1) is 7.11 Å². The Bertz CT molecular complexity index is 602. The number of ketones is 1. The molecule has 0 saturated heterocycles. The fourth-order valence-corrected chi connectivity index (χ4v) is 1.80.